The molecule has 1 amide bonds. The van der Waals surface area contributed by atoms with Crippen LogP contribution >= 0.6 is 11.6 Å². The molecular formula is C32H31ClN6O3. The Bertz CT molecular complexity index is 1650. The average Bonchev–Trinajstić information content (AvgIpc) is 3.42. The highest BCUT2D eigenvalue weighted by Gasteiger charge is 2.20. The average molecular weight is 583 g/mol. The zero-order valence-corrected chi connectivity index (χ0v) is 24.2. The number of nitriles is 1. The van der Waals surface area contributed by atoms with E-state index >= 15 is 0 Å². The van der Waals surface area contributed by atoms with E-state index in [0.29, 0.717) is 56.7 Å². The van der Waals surface area contributed by atoms with Gasteiger partial charge in [0.1, 0.15) is 29.9 Å². The normalized spacial score (nSPS) is 15.0. The second-order valence-corrected chi connectivity index (χ2v) is 10.3. The van der Waals surface area contributed by atoms with E-state index in [1.54, 1.807) is 30.5 Å². The molecule has 0 spiro atoms. The number of amides is 1. The molecule has 0 unspecified atom stereocenters. The number of pyridine rings is 2. The molecule has 0 aliphatic carbocycles. The Morgan fingerprint density at radius 2 is 2.02 bits per heavy atom. The highest BCUT2D eigenvalue weighted by atomic mass is 35.5. The number of ether oxygens (including phenoxy) is 2. The molecule has 0 bridgehead atoms. The van der Waals surface area contributed by atoms with Crippen molar-refractivity contribution in [3.05, 3.63) is 89.4 Å². The molecule has 2 aromatic carbocycles. The van der Waals surface area contributed by atoms with Gasteiger partial charge in [-0.15, -0.1) is 0 Å². The van der Waals surface area contributed by atoms with Crippen LogP contribution < -0.4 is 20.1 Å². The predicted molar refractivity (Wildman–Crippen MR) is 164 cm³/mol. The molecule has 0 radical (unpaired) electrons. The molecule has 214 valence electrons. The Morgan fingerprint density at radius 3 is 2.74 bits per heavy atom. The van der Waals surface area contributed by atoms with Gasteiger partial charge in [0.15, 0.2) is 0 Å². The van der Waals surface area contributed by atoms with E-state index in [2.05, 4.69) is 38.6 Å². The van der Waals surface area contributed by atoms with Gasteiger partial charge in [0.2, 0.25) is 5.91 Å². The number of nitrogens with one attached hydrogen (secondary N) is 2. The molecule has 10 heteroatoms. The first kappa shape index (κ1) is 28.9. The zero-order chi connectivity index (χ0) is 29.5. The number of carbonyl (C=O) groups excluding carboxylic acids is 1. The zero-order valence-electron chi connectivity index (χ0n) is 23.4. The van der Waals surface area contributed by atoms with Gasteiger partial charge in [0.25, 0.3) is 0 Å². The van der Waals surface area contributed by atoms with Crippen molar-refractivity contribution >= 4 is 45.5 Å². The lowest BCUT2D eigenvalue weighted by Crippen LogP contribution is -2.23. The minimum Gasteiger partial charge on any atom is -0.492 e. The number of halogens is 1. The number of benzene rings is 2. The van der Waals surface area contributed by atoms with E-state index in [-0.39, 0.29) is 18.6 Å². The number of carbonyl (C=O) groups is 1. The summed E-state index contributed by atoms with van der Waals surface area (Å²) in [5.41, 5.74) is 3.23. The van der Waals surface area contributed by atoms with Crippen molar-refractivity contribution < 1.29 is 14.3 Å². The van der Waals surface area contributed by atoms with Crippen molar-refractivity contribution in [2.45, 2.75) is 32.4 Å². The van der Waals surface area contributed by atoms with Crippen molar-refractivity contribution in [2.24, 2.45) is 0 Å². The van der Waals surface area contributed by atoms with Gasteiger partial charge in [-0.25, -0.2) is 0 Å². The number of anilines is 3. The highest BCUT2D eigenvalue weighted by Crippen LogP contribution is 2.39. The van der Waals surface area contributed by atoms with Gasteiger partial charge < -0.3 is 20.1 Å². The minimum atomic E-state index is -0.280. The largest absolute Gasteiger partial charge is 0.492 e. The summed E-state index contributed by atoms with van der Waals surface area (Å²) in [4.78, 5) is 24.0. The summed E-state index contributed by atoms with van der Waals surface area (Å²) < 4.78 is 11.7. The molecule has 2 aromatic heterocycles. The van der Waals surface area contributed by atoms with E-state index in [4.69, 9.17) is 21.1 Å². The minimum absolute atomic E-state index is 0.236. The van der Waals surface area contributed by atoms with Crippen LogP contribution in [0.2, 0.25) is 5.02 Å². The first-order valence-electron chi connectivity index (χ1n) is 13.7. The Kier molecular flexibility index (Phi) is 9.17. The lowest BCUT2D eigenvalue weighted by atomic mass is 10.1. The fourth-order valence-corrected chi connectivity index (χ4v) is 5.12. The first-order chi connectivity index (χ1) is 20.5. The molecule has 3 heterocycles. The molecule has 1 saturated heterocycles. The van der Waals surface area contributed by atoms with Gasteiger partial charge in [-0.2, -0.15) is 5.26 Å². The van der Waals surface area contributed by atoms with E-state index in [9.17, 15) is 10.1 Å². The number of fused-ring (bicyclic) bond motifs is 1. The van der Waals surface area contributed by atoms with Gasteiger partial charge in [-0.05, 0) is 75.8 Å². The fourth-order valence-electron chi connectivity index (χ4n) is 4.88. The van der Waals surface area contributed by atoms with Crippen molar-refractivity contribution in [3.8, 4) is 17.6 Å². The van der Waals surface area contributed by atoms with Gasteiger partial charge in [-0.1, -0.05) is 23.7 Å². The monoisotopic (exact) mass is 582 g/mol. The van der Waals surface area contributed by atoms with Crippen LogP contribution in [0.4, 0.5) is 17.1 Å². The second-order valence-electron chi connectivity index (χ2n) is 9.85. The van der Waals surface area contributed by atoms with Crippen LogP contribution in [0.3, 0.4) is 0 Å². The molecular weight excluding hydrogens is 552 g/mol. The number of hydrogen-bond donors (Lipinski definition) is 2. The summed E-state index contributed by atoms with van der Waals surface area (Å²) in [6.45, 7) is 3.58. The van der Waals surface area contributed by atoms with Gasteiger partial charge in [-0.3, -0.25) is 19.7 Å². The quantitative estimate of drug-likeness (QED) is 0.205. The Hall–Kier alpha value is -4.65. The second kappa shape index (κ2) is 13.3. The molecule has 1 aliphatic heterocycles. The number of likely N-dealkylation sites (tertiary alicyclic amines) is 1. The molecule has 2 N–H and O–H groups in total. The van der Waals surface area contributed by atoms with E-state index in [0.717, 1.165) is 25.1 Å². The summed E-state index contributed by atoms with van der Waals surface area (Å²) >= 11 is 6.54. The standard InChI is InChI=1S/C32H31ClN6O3/c1-3-41-28-13-11-25-30(37-22-9-12-27(26(33)17-22)42-20-23-7-4-5-15-35-23)21(18-34)19-36-31(25)32(28)38-29(40)14-10-24-8-6-16-39(24)2/h4-5,7,9-15,17,19,24H,3,6,8,16,20H2,1-2H3,(H,36,37)(H,38,40)/b14-10+/t24-/m1/s1. The van der Waals surface area contributed by atoms with Crippen LogP contribution in [-0.2, 0) is 11.4 Å². The van der Waals surface area contributed by atoms with Gasteiger partial charge >= 0.3 is 0 Å². The number of rotatable bonds is 10. The van der Waals surface area contributed by atoms with Crippen molar-refractivity contribution in [1.82, 2.24) is 14.9 Å². The molecule has 4 aromatic rings. The highest BCUT2D eigenvalue weighted by molar-refractivity contribution is 6.32. The smallest absolute Gasteiger partial charge is 0.248 e. The number of nitrogens with zero attached hydrogens (tertiary/aromatic N) is 4. The molecule has 9 nitrogen and oxygen atoms in total. The summed E-state index contributed by atoms with van der Waals surface area (Å²) in [5, 5.41) is 17.2. The third-order valence-corrected chi connectivity index (χ3v) is 7.31. The molecule has 1 aliphatic rings. The van der Waals surface area contributed by atoms with E-state index in [1.807, 2.05) is 43.3 Å². The first-order valence-corrected chi connectivity index (χ1v) is 14.1. The summed E-state index contributed by atoms with van der Waals surface area (Å²) in [5.74, 6) is 0.721. The summed E-state index contributed by atoms with van der Waals surface area (Å²) in [6, 6.07) is 16.9. The van der Waals surface area contributed by atoms with Crippen LogP contribution in [-0.4, -0.2) is 47.0 Å². The van der Waals surface area contributed by atoms with Crippen LogP contribution in [0.25, 0.3) is 10.9 Å². The topological polar surface area (TPSA) is 112 Å². The summed E-state index contributed by atoms with van der Waals surface area (Å²) in [6.07, 6.45) is 8.80. The molecule has 1 fully saturated rings. The van der Waals surface area contributed by atoms with Crippen molar-refractivity contribution in [2.75, 3.05) is 30.8 Å². The molecule has 42 heavy (non-hydrogen) atoms. The third kappa shape index (κ3) is 6.62. The molecule has 0 saturated carbocycles. The van der Waals surface area contributed by atoms with Crippen LogP contribution in [0.5, 0.6) is 11.5 Å². The maximum absolute atomic E-state index is 13.0. The Labute approximate surface area is 249 Å². The Balaban J connectivity index is 1.43. The van der Waals surface area contributed by atoms with Crippen LogP contribution in [0, 0.1) is 11.3 Å². The van der Waals surface area contributed by atoms with Crippen LogP contribution in [0.1, 0.15) is 31.0 Å². The van der Waals surface area contributed by atoms with E-state index in [1.165, 1.54) is 6.20 Å². The number of likely N-dealkylation sites (N-methyl/N-ethyl adjacent to an activating group) is 1. The van der Waals surface area contributed by atoms with Crippen molar-refractivity contribution in [1.29, 1.82) is 5.26 Å². The summed E-state index contributed by atoms with van der Waals surface area (Å²) in [7, 11) is 2.05. The van der Waals surface area contributed by atoms with Crippen LogP contribution in [0.15, 0.2) is 73.1 Å². The number of hydrogen-bond acceptors (Lipinski definition) is 8. The predicted octanol–water partition coefficient (Wildman–Crippen LogP) is 6.47. The lowest BCUT2D eigenvalue weighted by Gasteiger charge is -2.17. The van der Waals surface area contributed by atoms with Crippen molar-refractivity contribution in [3.63, 3.8) is 0 Å². The lowest BCUT2D eigenvalue weighted by molar-refractivity contribution is -0.111. The SMILES string of the molecule is CCOc1ccc2c(Nc3ccc(OCc4ccccn4)c(Cl)c3)c(C#N)cnc2c1NC(=O)/C=C/[C@H]1CCCN1C. The molecule has 1 atom stereocenters. The maximum atomic E-state index is 13.0. The van der Waals surface area contributed by atoms with Gasteiger partial charge in [0, 0.05) is 35.6 Å². The fraction of sp³-hybridized carbons (Fsp3) is 0.250. The Morgan fingerprint density at radius 1 is 1.17 bits per heavy atom. The maximum Gasteiger partial charge on any atom is 0.248 e. The van der Waals surface area contributed by atoms with Gasteiger partial charge in [0.05, 0.1) is 34.1 Å². The third-order valence-electron chi connectivity index (χ3n) is 7.02. The van der Waals surface area contributed by atoms with E-state index < -0.39 is 0 Å². The molecule has 5 rings (SSSR count). The number of aromatic nitrogens is 2.